The minimum Gasteiger partial charge on any atom is -0.508 e. The van der Waals surface area contributed by atoms with Gasteiger partial charge in [0.15, 0.2) is 11.8 Å². The summed E-state index contributed by atoms with van der Waals surface area (Å²) < 4.78 is 0. The van der Waals surface area contributed by atoms with E-state index in [-0.39, 0.29) is 29.3 Å². The first-order chi connectivity index (χ1) is 13.8. The van der Waals surface area contributed by atoms with Crippen molar-refractivity contribution < 1.29 is 34.9 Å². The summed E-state index contributed by atoms with van der Waals surface area (Å²) in [6, 6.07) is 8.53. The van der Waals surface area contributed by atoms with Crippen LogP contribution < -0.4 is 5.32 Å². The Morgan fingerprint density at radius 1 is 1.03 bits per heavy atom. The van der Waals surface area contributed by atoms with E-state index >= 15 is 0 Å². The number of nitrogens with one attached hydrogen (secondary N) is 1. The van der Waals surface area contributed by atoms with Gasteiger partial charge < -0.3 is 30.7 Å². The highest BCUT2D eigenvalue weighted by Crippen LogP contribution is 2.28. The van der Waals surface area contributed by atoms with E-state index in [1.54, 1.807) is 0 Å². The molecule has 10 heteroatoms. The molecule has 0 bridgehead atoms. The Bertz CT molecular complexity index is 970. The van der Waals surface area contributed by atoms with E-state index in [2.05, 4.69) is 10.5 Å². The molecule has 2 aromatic carbocycles. The molecule has 10 nitrogen and oxygen atoms in total. The van der Waals surface area contributed by atoms with Crippen LogP contribution in [0.4, 0.5) is 0 Å². The lowest BCUT2D eigenvalue weighted by atomic mass is 9.97. The molecule has 3 rings (SSSR count). The monoisotopic (exact) mass is 399 g/mol. The van der Waals surface area contributed by atoms with Crippen LogP contribution in [0.3, 0.4) is 0 Å². The predicted molar refractivity (Wildman–Crippen MR) is 98.6 cm³/mol. The molecule has 2 atom stereocenters. The Labute approximate surface area is 164 Å². The van der Waals surface area contributed by atoms with Gasteiger partial charge in [0.2, 0.25) is 5.91 Å². The molecule has 2 aromatic rings. The molecule has 0 radical (unpaired) electrons. The average Bonchev–Trinajstić information content (AvgIpc) is 2.69. The standard InChI is InChI=1S/C19H17N3O7/c23-12-5-1-10(2-6-12)15(21-29)17(25)20-14-9-22(18(14)26)16(19(27)28)11-3-7-13(24)8-4-11/h1-8,14,16,23-24,29H,9H2,(H,20,25)(H,27,28)/t14-,16+/m0/s1. The normalized spacial score (nSPS) is 17.4. The van der Waals surface area contributed by atoms with Gasteiger partial charge in [-0.15, -0.1) is 0 Å². The first kappa shape index (κ1) is 19.7. The molecular formula is C19H17N3O7. The van der Waals surface area contributed by atoms with Crippen LogP contribution in [0.5, 0.6) is 11.5 Å². The highest BCUT2D eigenvalue weighted by atomic mass is 16.4. The molecule has 1 fully saturated rings. The molecule has 29 heavy (non-hydrogen) atoms. The number of rotatable bonds is 6. The van der Waals surface area contributed by atoms with Crippen molar-refractivity contribution in [2.45, 2.75) is 12.1 Å². The van der Waals surface area contributed by atoms with Gasteiger partial charge in [-0.1, -0.05) is 17.3 Å². The summed E-state index contributed by atoms with van der Waals surface area (Å²) in [5.41, 5.74) is 0.165. The summed E-state index contributed by atoms with van der Waals surface area (Å²) in [5.74, 6) is -2.77. The molecule has 1 heterocycles. The van der Waals surface area contributed by atoms with E-state index in [0.717, 1.165) is 4.90 Å². The number of amides is 2. The van der Waals surface area contributed by atoms with Gasteiger partial charge in [-0.2, -0.15) is 0 Å². The number of nitrogens with zero attached hydrogens (tertiary/aromatic N) is 2. The molecule has 5 N–H and O–H groups in total. The summed E-state index contributed by atoms with van der Waals surface area (Å²) in [5, 5.41) is 42.6. The van der Waals surface area contributed by atoms with Crippen LogP contribution in [-0.2, 0) is 14.4 Å². The SMILES string of the molecule is O=C(N[C@H]1CN([C@@H](C(=O)O)c2ccc(O)cc2)C1=O)C(=NO)c1ccc(O)cc1. The number of phenols is 2. The van der Waals surface area contributed by atoms with Gasteiger partial charge in [0.25, 0.3) is 5.91 Å². The quantitative estimate of drug-likeness (QED) is 0.204. The minimum absolute atomic E-state index is 0.0368. The van der Waals surface area contributed by atoms with Crippen molar-refractivity contribution >= 4 is 23.5 Å². The zero-order valence-corrected chi connectivity index (χ0v) is 14.9. The highest BCUT2D eigenvalue weighted by molar-refractivity contribution is 6.45. The first-order valence-corrected chi connectivity index (χ1v) is 8.46. The fourth-order valence-corrected chi connectivity index (χ4v) is 2.99. The maximum Gasteiger partial charge on any atom is 0.331 e. The number of carboxylic acids is 1. The van der Waals surface area contributed by atoms with Gasteiger partial charge in [-0.25, -0.2) is 4.79 Å². The number of hydrogen-bond acceptors (Lipinski definition) is 7. The molecular weight excluding hydrogens is 382 g/mol. The van der Waals surface area contributed by atoms with Crippen LogP contribution in [0, 0.1) is 0 Å². The zero-order chi connectivity index (χ0) is 21.1. The van der Waals surface area contributed by atoms with Crippen LogP contribution >= 0.6 is 0 Å². The van der Waals surface area contributed by atoms with Crippen LogP contribution in [0.15, 0.2) is 53.7 Å². The lowest BCUT2D eigenvalue weighted by Gasteiger charge is -2.42. The maximum atomic E-state index is 12.4. The Morgan fingerprint density at radius 3 is 2.07 bits per heavy atom. The Morgan fingerprint density at radius 2 is 1.59 bits per heavy atom. The first-order valence-electron chi connectivity index (χ1n) is 8.46. The Kier molecular flexibility index (Phi) is 5.35. The molecule has 1 saturated heterocycles. The summed E-state index contributed by atoms with van der Waals surface area (Å²) >= 11 is 0. The third kappa shape index (κ3) is 3.95. The van der Waals surface area contributed by atoms with Gasteiger partial charge >= 0.3 is 5.97 Å². The number of likely N-dealkylation sites (tertiary alicyclic amines) is 1. The van der Waals surface area contributed by atoms with E-state index in [1.807, 2.05) is 0 Å². The van der Waals surface area contributed by atoms with Crippen LogP contribution in [0.1, 0.15) is 17.2 Å². The van der Waals surface area contributed by atoms with E-state index in [1.165, 1.54) is 48.5 Å². The minimum atomic E-state index is -1.26. The molecule has 2 amide bonds. The van der Waals surface area contributed by atoms with Crippen molar-refractivity contribution in [3.8, 4) is 11.5 Å². The summed E-state index contributed by atoms with van der Waals surface area (Å²) in [6.45, 7) is -0.0588. The molecule has 0 aliphatic carbocycles. The van der Waals surface area contributed by atoms with Gasteiger partial charge in [-0.3, -0.25) is 9.59 Å². The van der Waals surface area contributed by atoms with Crippen molar-refractivity contribution in [1.29, 1.82) is 0 Å². The predicted octanol–water partition coefficient (Wildman–Crippen LogP) is 0.429. The largest absolute Gasteiger partial charge is 0.508 e. The Hall–Kier alpha value is -4.08. The summed E-state index contributed by atoms with van der Waals surface area (Å²) in [6.07, 6.45) is 0. The second-order valence-corrected chi connectivity index (χ2v) is 6.34. The van der Waals surface area contributed by atoms with Crippen LogP contribution in [0.2, 0.25) is 0 Å². The molecule has 1 aliphatic heterocycles. The van der Waals surface area contributed by atoms with E-state index in [4.69, 9.17) is 5.21 Å². The number of aliphatic carboxylic acids is 1. The van der Waals surface area contributed by atoms with Gasteiger partial charge in [0, 0.05) is 5.56 Å². The van der Waals surface area contributed by atoms with Crippen LogP contribution in [-0.4, -0.2) is 61.5 Å². The summed E-state index contributed by atoms with van der Waals surface area (Å²) in [4.78, 5) is 37.5. The van der Waals surface area contributed by atoms with Crippen molar-refractivity contribution in [3.05, 3.63) is 59.7 Å². The second kappa shape index (κ2) is 7.89. The molecule has 1 aliphatic rings. The zero-order valence-electron chi connectivity index (χ0n) is 14.9. The molecule has 0 unspecified atom stereocenters. The highest BCUT2D eigenvalue weighted by Gasteiger charge is 2.45. The number of benzene rings is 2. The van der Waals surface area contributed by atoms with Gasteiger partial charge in [0.1, 0.15) is 17.5 Å². The van der Waals surface area contributed by atoms with Crippen molar-refractivity contribution in [2.75, 3.05) is 6.54 Å². The smallest absolute Gasteiger partial charge is 0.331 e. The second-order valence-electron chi connectivity index (χ2n) is 6.34. The van der Waals surface area contributed by atoms with E-state index in [0.29, 0.717) is 5.56 Å². The molecule has 0 aromatic heterocycles. The number of carbonyl (C=O) groups is 3. The van der Waals surface area contributed by atoms with Gasteiger partial charge in [-0.05, 0) is 42.0 Å². The number of oxime groups is 1. The van der Waals surface area contributed by atoms with E-state index < -0.39 is 29.9 Å². The molecule has 0 saturated carbocycles. The topological polar surface area (TPSA) is 160 Å². The van der Waals surface area contributed by atoms with Crippen LogP contribution in [0.25, 0.3) is 0 Å². The number of phenolic OH excluding ortho intramolecular Hbond substituents is 2. The third-order valence-corrected chi connectivity index (χ3v) is 4.48. The van der Waals surface area contributed by atoms with Crippen molar-refractivity contribution in [1.82, 2.24) is 10.2 Å². The number of carboxylic acid groups (broad SMARTS) is 1. The maximum absolute atomic E-state index is 12.4. The number of aromatic hydroxyl groups is 2. The lowest BCUT2D eigenvalue weighted by Crippen LogP contribution is -2.66. The average molecular weight is 399 g/mol. The third-order valence-electron chi connectivity index (χ3n) is 4.48. The number of β-lactam (4-membered cyclic amide) rings is 1. The Balaban J connectivity index is 1.69. The van der Waals surface area contributed by atoms with Crippen molar-refractivity contribution in [3.63, 3.8) is 0 Å². The van der Waals surface area contributed by atoms with Crippen molar-refractivity contribution in [2.24, 2.45) is 5.16 Å². The molecule has 0 spiro atoms. The molecule has 150 valence electrons. The lowest BCUT2D eigenvalue weighted by molar-refractivity contribution is -0.160. The van der Waals surface area contributed by atoms with E-state index in [9.17, 15) is 29.7 Å². The summed E-state index contributed by atoms with van der Waals surface area (Å²) in [7, 11) is 0. The van der Waals surface area contributed by atoms with Gasteiger partial charge in [0.05, 0.1) is 6.54 Å². The fourth-order valence-electron chi connectivity index (χ4n) is 2.99. The fraction of sp³-hybridized carbons (Fsp3) is 0.158. The number of hydrogen-bond donors (Lipinski definition) is 5. The number of carbonyl (C=O) groups excluding carboxylic acids is 2.